The number of aromatic nitrogens is 2. The van der Waals surface area contributed by atoms with Gasteiger partial charge in [-0.3, -0.25) is 4.79 Å². The highest BCUT2D eigenvalue weighted by Crippen LogP contribution is 2.36. The third kappa shape index (κ3) is 2.93. The predicted molar refractivity (Wildman–Crippen MR) is 102 cm³/mol. The maximum absolute atomic E-state index is 12.6. The van der Waals surface area contributed by atoms with Crippen LogP contribution < -0.4 is 15.0 Å². The van der Waals surface area contributed by atoms with Gasteiger partial charge in [-0.1, -0.05) is 30.3 Å². The zero-order chi connectivity index (χ0) is 18.2. The summed E-state index contributed by atoms with van der Waals surface area (Å²) < 4.78 is 12.8. The molecule has 132 valence electrons. The van der Waals surface area contributed by atoms with Gasteiger partial charge >= 0.3 is 0 Å². The first-order valence-electron chi connectivity index (χ1n) is 8.71. The van der Waals surface area contributed by atoms with Gasteiger partial charge in [-0.2, -0.15) is 0 Å². The van der Waals surface area contributed by atoms with Crippen LogP contribution in [0.2, 0.25) is 0 Å². The Balaban J connectivity index is 1.53. The second-order valence-corrected chi connectivity index (χ2v) is 6.49. The molecule has 0 radical (unpaired) electrons. The van der Waals surface area contributed by atoms with Crippen LogP contribution in [0.15, 0.2) is 77.9 Å². The van der Waals surface area contributed by atoms with E-state index in [0.29, 0.717) is 29.3 Å². The topological polar surface area (TPSA) is 53.4 Å². The predicted octanol–water partition coefficient (Wildman–Crippen LogP) is 3.79. The van der Waals surface area contributed by atoms with Gasteiger partial charge in [-0.05, 0) is 41.5 Å². The van der Waals surface area contributed by atoms with Crippen molar-refractivity contribution in [2.45, 2.75) is 6.54 Å². The van der Waals surface area contributed by atoms with Crippen LogP contribution >= 0.6 is 0 Å². The van der Waals surface area contributed by atoms with Crippen molar-refractivity contribution in [2.24, 2.45) is 0 Å². The molecule has 27 heavy (non-hydrogen) atoms. The zero-order valence-electron chi connectivity index (χ0n) is 14.5. The number of rotatable bonds is 3. The van der Waals surface area contributed by atoms with Crippen LogP contribution in [-0.4, -0.2) is 16.3 Å². The maximum Gasteiger partial charge on any atom is 0.279 e. The van der Waals surface area contributed by atoms with Crippen molar-refractivity contribution in [1.29, 1.82) is 0 Å². The van der Waals surface area contributed by atoms with E-state index in [-0.39, 0.29) is 12.4 Å². The van der Waals surface area contributed by atoms with Gasteiger partial charge in [0.1, 0.15) is 0 Å². The highest BCUT2D eigenvalue weighted by atomic mass is 16.7. The molecular formula is C22H16N2O3. The van der Waals surface area contributed by atoms with Gasteiger partial charge in [0.15, 0.2) is 11.5 Å². The molecule has 5 nitrogen and oxygen atoms in total. The van der Waals surface area contributed by atoms with Gasteiger partial charge in [-0.25, -0.2) is 4.98 Å². The molecule has 2 aromatic rings. The number of pyridine rings is 2. The summed E-state index contributed by atoms with van der Waals surface area (Å²) in [4.78, 5) is 16.9. The zero-order valence-corrected chi connectivity index (χ0v) is 14.5. The molecule has 0 atom stereocenters. The molecule has 5 rings (SSSR count). The molecule has 2 aromatic carbocycles. The normalized spacial score (nSPS) is 12.4. The first-order valence-corrected chi connectivity index (χ1v) is 8.71. The number of fused-ring (bicyclic) bond motifs is 2. The highest BCUT2D eigenvalue weighted by Gasteiger charge is 2.16. The molecule has 0 unspecified atom stereocenters. The van der Waals surface area contributed by atoms with Gasteiger partial charge in [0, 0.05) is 24.5 Å². The Kier molecular flexibility index (Phi) is 3.64. The first-order chi connectivity index (χ1) is 13.3. The van der Waals surface area contributed by atoms with E-state index in [1.165, 1.54) is 5.56 Å². The fourth-order valence-corrected chi connectivity index (χ4v) is 3.30. The van der Waals surface area contributed by atoms with E-state index in [4.69, 9.17) is 9.47 Å². The van der Waals surface area contributed by atoms with Crippen molar-refractivity contribution in [3.8, 4) is 33.9 Å². The Morgan fingerprint density at radius 1 is 0.926 bits per heavy atom. The van der Waals surface area contributed by atoms with Gasteiger partial charge in [0.25, 0.3) is 5.56 Å². The second-order valence-electron chi connectivity index (χ2n) is 6.49. The quantitative estimate of drug-likeness (QED) is 0.560. The van der Waals surface area contributed by atoms with Crippen LogP contribution in [0, 0.1) is 0 Å². The third-order valence-corrected chi connectivity index (χ3v) is 4.67. The third-order valence-electron chi connectivity index (χ3n) is 4.67. The summed E-state index contributed by atoms with van der Waals surface area (Å²) >= 11 is 0. The van der Waals surface area contributed by atoms with E-state index >= 15 is 0 Å². The van der Waals surface area contributed by atoms with E-state index in [2.05, 4.69) is 17.1 Å². The number of hydrogen-bond acceptors (Lipinski definition) is 4. The molecule has 0 aliphatic carbocycles. The number of nitrogens with zero attached hydrogens (tertiary/aromatic N) is 2. The minimum atomic E-state index is -0.234. The molecule has 0 saturated carbocycles. The van der Waals surface area contributed by atoms with Gasteiger partial charge in [-0.15, -0.1) is 0 Å². The lowest BCUT2D eigenvalue weighted by Gasteiger charge is -2.12. The van der Waals surface area contributed by atoms with E-state index in [1.54, 1.807) is 0 Å². The monoisotopic (exact) mass is 356 g/mol. The molecule has 3 aliphatic heterocycles. The van der Waals surface area contributed by atoms with Crippen LogP contribution in [-0.2, 0) is 6.54 Å². The van der Waals surface area contributed by atoms with E-state index in [0.717, 1.165) is 11.1 Å². The average molecular weight is 356 g/mol. The molecule has 0 N–H and O–H groups in total. The Bertz CT molecular complexity index is 1150. The van der Waals surface area contributed by atoms with Crippen LogP contribution in [0.1, 0.15) is 5.56 Å². The molecule has 0 aromatic heterocycles. The van der Waals surface area contributed by atoms with Crippen molar-refractivity contribution in [1.82, 2.24) is 9.55 Å². The number of hydrogen-bond donors (Lipinski definition) is 0. The van der Waals surface area contributed by atoms with Crippen LogP contribution in [0.25, 0.3) is 22.4 Å². The minimum absolute atomic E-state index is 0.220. The summed E-state index contributed by atoms with van der Waals surface area (Å²) in [6, 6.07) is 19.6. The fourth-order valence-electron chi connectivity index (χ4n) is 3.30. The molecule has 0 saturated heterocycles. The number of benzene rings is 2. The Morgan fingerprint density at radius 3 is 2.67 bits per heavy atom. The maximum atomic E-state index is 12.6. The van der Waals surface area contributed by atoms with Crippen molar-refractivity contribution in [3.63, 3.8) is 0 Å². The van der Waals surface area contributed by atoms with E-state index in [1.807, 2.05) is 65.5 Å². The van der Waals surface area contributed by atoms with Crippen molar-refractivity contribution < 1.29 is 9.47 Å². The summed E-state index contributed by atoms with van der Waals surface area (Å²) in [6.07, 6.45) is 3.85. The summed E-state index contributed by atoms with van der Waals surface area (Å²) in [5.41, 5.74) is 3.89. The van der Waals surface area contributed by atoms with Crippen molar-refractivity contribution in [2.75, 3.05) is 6.79 Å². The van der Waals surface area contributed by atoms with Gasteiger partial charge in [0.2, 0.25) is 6.79 Å². The van der Waals surface area contributed by atoms with Crippen LogP contribution in [0.3, 0.4) is 0 Å². The van der Waals surface area contributed by atoms with E-state index in [9.17, 15) is 4.79 Å². The Morgan fingerprint density at radius 2 is 1.78 bits per heavy atom. The van der Waals surface area contributed by atoms with Crippen molar-refractivity contribution >= 4 is 0 Å². The van der Waals surface area contributed by atoms with Crippen LogP contribution in [0.5, 0.6) is 11.5 Å². The lowest BCUT2D eigenvalue weighted by molar-refractivity contribution is 0.174. The summed E-state index contributed by atoms with van der Waals surface area (Å²) in [7, 11) is 0. The molecule has 0 fully saturated rings. The molecule has 0 amide bonds. The lowest BCUT2D eigenvalue weighted by Crippen LogP contribution is -2.13. The van der Waals surface area contributed by atoms with Gasteiger partial charge < -0.3 is 14.0 Å². The fraction of sp³-hybridized carbons (Fsp3) is 0.0909. The minimum Gasteiger partial charge on any atom is -0.454 e. The largest absolute Gasteiger partial charge is 0.454 e. The second kappa shape index (κ2) is 6.29. The van der Waals surface area contributed by atoms with Gasteiger partial charge in [0.05, 0.1) is 11.3 Å². The van der Waals surface area contributed by atoms with E-state index < -0.39 is 0 Å². The summed E-state index contributed by atoms with van der Waals surface area (Å²) in [5, 5.41) is 0. The summed E-state index contributed by atoms with van der Waals surface area (Å²) in [5.74, 6) is 1.39. The first kappa shape index (κ1) is 15.6. The molecule has 0 bridgehead atoms. The lowest BCUT2D eigenvalue weighted by atomic mass is 10.0. The van der Waals surface area contributed by atoms with Crippen molar-refractivity contribution in [3.05, 3.63) is 89.0 Å². The average Bonchev–Trinajstić information content (AvgIpc) is 3.17. The van der Waals surface area contributed by atoms with Crippen LogP contribution in [0.4, 0.5) is 0 Å². The standard InChI is InChI=1S/C22H16N2O3/c25-22-18-13-24(12-15-4-2-1-3-5-15)9-8-16(18)10-19(23-22)17-6-7-20-21(11-17)27-14-26-20/h1-11,13H,12,14H2. The SMILES string of the molecule is O=c1nc(-c2ccc3c(c2)OCO3)cc2ccn(Cc3ccccc3)cc1-2. The molecule has 3 heterocycles. The Labute approximate surface area is 155 Å². The highest BCUT2D eigenvalue weighted by molar-refractivity contribution is 5.72. The summed E-state index contributed by atoms with van der Waals surface area (Å²) in [6.45, 7) is 0.929. The molecular weight excluding hydrogens is 340 g/mol. The molecule has 0 spiro atoms. The number of ether oxygens (including phenoxy) is 2. The smallest absolute Gasteiger partial charge is 0.279 e. The molecule has 3 aliphatic rings. The Hall–Kier alpha value is -3.60. The molecule has 5 heteroatoms.